The Labute approximate surface area is 152 Å². The van der Waals surface area contributed by atoms with Gasteiger partial charge in [0.1, 0.15) is 11.8 Å². The highest BCUT2D eigenvalue weighted by Gasteiger charge is 2.24. The van der Waals surface area contributed by atoms with Crippen LogP contribution in [0.5, 0.6) is 0 Å². The molecule has 4 nitrogen and oxygen atoms in total. The number of nitrogens with zero attached hydrogens (tertiary/aromatic N) is 4. The van der Waals surface area contributed by atoms with E-state index in [1.165, 1.54) is 28.1 Å². The first kappa shape index (κ1) is 16.3. The van der Waals surface area contributed by atoms with Crippen molar-refractivity contribution in [3.05, 3.63) is 52.8 Å². The van der Waals surface area contributed by atoms with E-state index < -0.39 is 0 Å². The van der Waals surface area contributed by atoms with Gasteiger partial charge in [-0.15, -0.1) is 11.3 Å². The molecule has 5 heteroatoms. The molecule has 25 heavy (non-hydrogen) atoms. The number of piperidine rings is 1. The Kier molecular flexibility index (Phi) is 4.56. The van der Waals surface area contributed by atoms with E-state index in [1.807, 2.05) is 22.0 Å². The van der Waals surface area contributed by atoms with Crippen molar-refractivity contribution < 1.29 is 0 Å². The van der Waals surface area contributed by atoms with E-state index in [1.54, 1.807) is 0 Å². The topological polar surface area (TPSA) is 44.9 Å². The Hall–Kier alpha value is -2.16. The molecule has 0 aliphatic carbocycles. The lowest BCUT2D eigenvalue weighted by molar-refractivity contribution is 0.200. The predicted molar refractivity (Wildman–Crippen MR) is 102 cm³/mol. The van der Waals surface area contributed by atoms with Gasteiger partial charge in [-0.25, -0.2) is 4.98 Å². The van der Waals surface area contributed by atoms with Crippen LogP contribution in [0.15, 0.2) is 36.5 Å². The molecule has 1 aliphatic rings. The summed E-state index contributed by atoms with van der Waals surface area (Å²) in [4.78, 5) is 7.38. The Morgan fingerprint density at radius 1 is 1.36 bits per heavy atom. The van der Waals surface area contributed by atoms with Crippen LogP contribution in [0.25, 0.3) is 10.2 Å². The van der Waals surface area contributed by atoms with Gasteiger partial charge >= 0.3 is 0 Å². The number of likely N-dealkylation sites (tertiary alicyclic amines) is 1. The summed E-state index contributed by atoms with van der Waals surface area (Å²) >= 11 is 1.84. The van der Waals surface area contributed by atoms with E-state index in [0.29, 0.717) is 5.92 Å². The van der Waals surface area contributed by atoms with Crippen molar-refractivity contribution in [1.82, 2.24) is 14.5 Å². The number of rotatable bonds is 4. The molecule has 3 heterocycles. The summed E-state index contributed by atoms with van der Waals surface area (Å²) in [5.74, 6) is 0.523. The second-order valence-electron chi connectivity index (χ2n) is 6.73. The molecular formula is C20H22N4S. The lowest BCUT2D eigenvalue weighted by Gasteiger charge is -2.31. The van der Waals surface area contributed by atoms with Gasteiger partial charge in [0, 0.05) is 31.7 Å². The van der Waals surface area contributed by atoms with Crippen molar-refractivity contribution in [2.45, 2.75) is 38.8 Å². The molecule has 0 radical (unpaired) electrons. The summed E-state index contributed by atoms with van der Waals surface area (Å²) in [6.07, 6.45) is 4.55. The molecule has 1 atom stereocenters. The SMILES string of the molecule is CCn1cc(CN2CCC[C@@H](c3nc4ccccc4s3)C2)cc1C#N. The van der Waals surface area contributed by atoms with Crippen LogP contribution in [0.3, 0.4) is 0 Å². The molecule has 128 valence electrons. The van der Waals surface area contributed by atoms with Gasteiger partial charge in [-0.1, -0.05) is 12.1 Å². The zero-order valence-corrected chi connectivity index (χ0v) is 15.3. The van der Waals surface area contributed by atoms with Crippen LogP contribution < -0.4 is 0 Å². The summed E-state index contributed by atoms with van der Waals surface area (Å²) in [6, 6.07) is 12.7. The van der Waals surface area contributed by atoms with E-state index in [9.17, 15) is 5.26 Å². The van der Waals surface area contributed by atoms with Crippen LogP contribution in [0, 0.1) is 11.3 Å². The average Bonchev–Trinajstić information content (AvgIpc) is 3.25. The van der Waals surface area contributed by atoms with Gasteiger partial charge in [0.2, 0.25) is 0 Å². The molecule has 3 aromatic rings. The third-order valence-corrected chi connectivity index (χ3v) is 6.18. The van der Waals surface area contributed by atoms with E-state index in [2.05, 4.69) is 48.4 Å². The summed E-state index contributed by atoms with van der Waals surface area (Å²) in [7, 11) is 0. The number of fused-ring (bicyclic) bond motifs is 1. The number of hydrogen-bond donors (Lipinski definition) is 0. The van der Waals surface area contributed by atoms with E-state index in [-0.39, 0.29) is 0 Å². The van der Waals surface area contributed by atoms with Crippen LogP contribution in [0.2, 0.25) is 0 Å². The Bertz CT molecular complexity index is 884. The maximum absolute atomic E-state index is 9.24. The van der Waals surface area contributed by atoms with Gasteiger partial charge in [0.25, 0.3) is 0 Å². The van der Waals surface area contributed by atoms with Crippen molar-refractivity contribution in [1.29, 1.82) is 5.26 Å². The van der Waals surface area contributed by atoms with Gasteiger partial charge in [-0.05, 0) is 50.1 Å². The van der Waals surface area contributed by atoms with Crippen LogP contribution in [0.1, 0.15) is 41.9 Å². The van der Waals surface area contributed by atoms with E-state index in [0.717, 1.165) is 37.4 Å². The molecule has 0 N–H and O–H groups in total. The molecular weight excluding hydrogens is 328 g/mol. The highest BCUT2D eigenvalue weighted by molar-refractivity contribution is 7.18. The fourth-order valence-corrected chi connectivity index (χ4v) is 4.83. The number of para-hydroxylation sites is 1. The Morgan fingerprint density at radius 3 is 3.00 bits per heavy atom. The molecule has 0 amide bonds. The van der Waals surface area contributed by atoms with Crippen LogP contribution in [-0.4, -0.2) is 27.5 Å². The van der Waals surface area contributed by atoms with Crippen LogP contribution in [-0.2, 0) is 13.1 Å². The molecule has 1 aliphatic heterocycles. The van der Waals surface area contributed by atoms with Crippen molar-refractivity contribution in [3.8, 4) is 6.07 Å². The highest BCUT2D eigenvalue weighted by Crippen LogP contribution is 2.33. The van der Waals surface area contributed by atoms with E-state index in [4.69, 9.17) is 4.98 Å². The lowest BCUT2D eigenvalue weighted by atomic mass is 9.98. The van der Waals surface area contributed by atoms with Crippen LogP contribution >= 0.6 is 11.3 Å². The molecule has 4 rings (SSSR count). The smallest absolute Gasteiger partial charge is 0.120 e. The standard InChI is InChI=1S/C20H22N4S/c1-2-24-13-15(10-17(24)11-21)12-23-9-5-6-16(14-23)20-22-18-7-3-4-8-19(18)25-20/h3-4,7-8,10,13,16H,2,5-6,9,12,14H2,1H3/t16-/m1/s1. The molecule has 0 bridgehead atoms. The molecule has 1 aromatic carbocycles. The molecule has 1 fully saturated rings. The largest absolute Gasteiger partial charge is 0.339 e. The zero-order valence-electron chi connectivity index (χ0n) is 14.5. The van der Waals surface area contributed by atoms with Crippen molar-refractivity contribution in [3.63, 3.8) is 0 Å². The fraction of sp³-hybridized carbons (Fsp3) is 0.400. The molecule has 0 saturated carbocycles. The first-order valence-corrected chi connectivity index (χ1v) is 9.75. The van der Waals surface area contributed by atoms with Gasteiger partial charge in [0.15, 0.2) is 0 Å². The maximum Gasteiger partial charge on any atom is 0.120 e. The first-order valence-electron chi connectivity index (χ1n) is 8.93. The van der Waals surface area contributed by atoms with Gasteiger partial charge in [-0.3, -0.25) is 4.90 Å². The number of aryl methyl sites for hydroxylation is 1. The van der Waals surface area contributed by atoms with Crippen LogP contribution in [0.4, 0.5) is 0 Å². The Balaban J connectivity index is 1.49. The summed E-state index contributed by atoms with van der Waals surface area (Å²) in [5, 5.41) is 10.5. The number of benzene rings is 1. The monoisotopic (exact) mass is 350 g/mol. The van der Waals surface area contributed by atoms with Crippen molar-refractivity contribution in [2.75, 3.05) is 13.1 Å². The third kappa shape index (κ3) is 3.33. The minimum absolute atomic E-state index is 0.523. The van der Waals surface area contributed by atoms with E-state index >= 15 is 0 Å². The molecule has 1 saturated heterocycles. The minimum Gasteiger partial charge on any atom is -0.339 e. The third-order valence-electron chi connectivity index (χ3n) is 4.98. The summed E-state index contributed by atoms with van der Waals surface area (Å²) in [6.45, 7) is 6.02. The second kappa shape index (κ2) is 6.99. The fourth-order valence-electron chi connectivity index (χ4n) is 3.73. The second-order valence-corrected chi connectivity index (χ2v) is 7.79. The number of aromatic nitrogens is 2. The molecule has 0 spiro atoms. The van der Waals surface area contributed by atoms with Gasteiger partial charge in [0.05, 0.1) is 15.2 Å². The van der Waals surface area contributed by atoms with Crippen molar-refractivity contribution in [2.24, 2.45) is 0 Å². The number of thiazole rings is 1. The van der Waals surface area contributed by atoms with Gasteiger partial charge in [-0.2, -0.15) is 5.26 Å². The number of hydrogen-bond acceptors (Lipinski definition) is 4. The predicted octanol–water partition coefficient (Wildman–Crippen LogP) is 4.37. The maximum atomic E-state index is 9.24. The quantitative estimate of drug-likeness (QED) is 0.702. The molecule has 2 aromatic heterocycles. The van der Waals surface area contributed by atoms with Crippen molar-refractivity contribution >= 4 is 21.6 Å². The molecule has 0 unspecified atom stereocenters. The summed E-state index contributed by atoms with van der Waals surface area (Å²) < 4.78 is 3.32. The number of nitriles is 1. The first-order chi connectivity index (χ1) is 12.3. The van der Waals surface area contributed by atoms with Gasteiger partial charge < -0.3 is 4.57 Å². The normalized spacial score (nSPS) is 18.5. The lowest BCUT2D eigenvalue weighted by Crippen LogP contribution is -2.33. The average molecular weight is 350 g/mol. The highest BCUT2D eigenvalue weighted by atomic mass is 32.1. The zero-order chi connectivity index (χ0) is 17.2. The Morgan fingerprint density at radius 2 is 2.24 bits per heavy atom. The minimum atomic E-state index is 0.523. The summed E-state index contributed by atoms with van der Waals surface area (Å²) in [5.41, 5.74) is 3.12.